The number of hydrogen-bond donors (Lipinski definition) is 0. The van der Waals surface area contributed by atoms with Gasteiger partial charge in [0, 0.05) is 67.3 Å². The van der Waals surface area contributed by atoms with Crippen LogP contribution in [-0.4, -0.2) is 14.5 Å². The van der Waals surface area contributed by atoms with Crippen LogP contribution in [-0.2, 0) is 0 Å². The molecule has 0 aliphatic rings. The second-order valence-corrected chi connectivity index (χ2v) is 17.5. The number of hydrogen-bond acceptors (Lipinski definition) is 4. The maximum atomic E-state index is 5.08. The van der Waals surface area contributed by atoms with E-state index in [0.717, 1.165) is 90.1 Å². The van der Waals surface area contributed by atoms with E-state index >= 15 is 0 Å². The second kappa shape index (κ2) is 18.4. The monoisotopic (exact) mass is 897 g/mol. The molecule has 2 aromatic heterocycles. The molecule has 5 nitrogen and oxygen atoms in total. The Morgan fingerprint density at radius 2 is 0.671 bits per heavy atom. The highest BCUT2D eigenvalue weighted by Gasteiger charge is 2.21. The molecule has 0 saturated heterocycles. The molecule has 0 amide bonds. The number of benzene rings is 10. The summed E-state index contributed by atoms with van der Waals surface area (Å²) in [6, 6.07) is 94.6. The van der Waals surface area contributed by atoms with Crippen LogP contribution in [0.3, 0.4) is 0 Å². The molecule has 2 heterocycles. The third-order valence-electron chi connectivity index (χ3n) is 13.1. The summed E-state index contributed by atoms with van der Waals surface area (Å²) in [5.74, 6) is 0.708. The summed E-state index contributed by atoms with van der Waals surface area (Å²) in [6.45, 7) is 2.23. The summed E-state index contributed by atoms with van der Waals surface area (Å²) in [6.07, 6.45) is 0. The van der Waals surface area contributed by atoms with Gasteiger partial charge in [-0.1, -0.05) is 164 Å². The van der Waals surface area contributed by atoms with E-state index in [1.54, 1.807) is 0 Å². The first-order valence-corrected chi connectivity index (χ1v) is 23.7. The third-order valence-corrected chi connectivity index (χ3v) is 13.1. The topological polar surface area (TPSA) is 37.2 Å². The minimum Gasteiger partial charge on any atom is -0.310 e. The van der Waals surface area contributed by atoms with Crippen molar-refractivity contribution in [3.8, 4) is 50.7 Å². The number of nitrogens with zero attached hydrogens (tertiary/aromatic N) is 5. The molecular weight excluding hydrogens is 851 g/mol. The predicted octanol–water partition coefficient (Wildman–Crippen LogP) is 17.5. The van der Waals surface area contributed by atoms with Gasteiger partial charge in [-0.05, 0) is 127 Å². The summed E-state index contributed by atoms with van der Waals surface area (Å²) in [4.78, 5) is 14.8. The van der Waals surface area contributed by atoms with Gasteiger partial charge in [-0.25, -0.2) is 9.97 Å². The van der Waals surface area contributed by atoms with Crippen LogP contribution in [0, 0.1) is 6.92 Å². The molecular formula is C65H47N5. The van der Waals surface area contributed by atoms with Gasteiger partial charge in [0.25, 0.3) is 0 Å². The van der Waals surface area contributed by atoms with Crippen LogP contribution >= 0.6 is 0 Å². The maximum absolute atomic E-state index is 5.08. The average molecular weight is 898 g/mol. The van der Waals surface area contributed by atoms with E-state index in [9.17, 15) is 0 Å². The van der Waals surface area contributed by atoms with E-state index in [4.69, 9.17) is 9.97 Å². The number of fused-ring (bicyclic) bond motifs is 3. The lowest BCUT2D eigenvalue weighted by atomic mass is 9.99. The van der Waals surface area contributed by atoms with Gasteiger partial charge in [0.2, 0.25) is 0 Å². The minimum absolute atomic E-state index is 0.708. The van der Waals surface area contributed by atoms with E-state index in [1.807, 2.05) is 36.4 Å². The van der Waals surface area contributed by atoms with E-state index in [0.29, 0.717) is 5.82 Å². The number of anilines is 6. The molecule has 0 spiro atoms. The van der Waals surface area contributed by atoms with Crippen LogP contribution in [0.4, 0.5) is 34.1 Å². The molecule has 0 fully saturated rings. The average Bonchev–Trinajstić information content (AvgIpc) is 3.75. The van der Waals surface area contributed by atoms with Crippen LogP contribution in [0.15, 0.2) is 267 Å². The van der Waals surface area contributed by atoms with E-state index in [2.05, 4.69) is 252 Å². The van der Waals surface area contributed by atoms with Crippen LogP contribution < -0.4 is 9.80 Å². The van der Waals surface area contributed by atoms with Crippen LogP contribution in [0.2, 0.25) is 0 Å². The fraction of sp³-hybridized carbons (Fsp3) is 0.0154. The Balaban J connectivity index is 0.969. The summed E-state index contributed by atoms with van der Waals surface area (Å²) in [5, 5.41) is 2.34. The first-order chi connectivity index (χ1) is 34.6. The standard InChI is InChI=1S/C65H47N5/c1-46-42-51(47-32-34-49(35-33-47)61-45-60(48-20-8-2-9-21-48)66-65(67-61)50-22-10-3-11-23-50)36-39-62(46)70-63-40-37-56(68(52-24-12-4-13-25-52)53-26-14-5-15-27-53)43-58(63)59-44-57(38-41-64(59)70)69(54-28-16-6-17-29-54)55-30-18-7-19-31-55/h2-45H,1H3. The van der Waals surface area contributed by atoms with E-state index in [-0.39, 0.29) is 0 Å². The molecule has 12 aromatic rings. The number of aryl methyl sites for hydroxylation is 1. The molecule has 70 heavy (non-hydrogen) atoms. The largest absolute Gasteiger partial charge is 0.310 e. The van der Waals surface area contributed by atoms with Gasteiger partial charge >= 0.3 is 0 Å². The van der Waals surface area contributed by atoms with Gasteiger partial charge in [-0.2, -0.15) is 0 Å². The Bertz CT molecular complexity index is 3470. The SMILES string of the molecule is Cc1cc(-c2ccc(-c3cc(-c4ccccc4)nc(-c4ccccc4)n3)cc2)ccc1-n1c2ccc(N(c3ccccc3)c3ccccc3)cc2c2cc(N(c3ccccc3)c3ccccc3)ccc21. The zero-order valence-electron chi connectivity index (χ0n) is 38.6. The Morgan fingerprint density at radius 1 is 0.300 bits per heavy atom. The van der Waals surface area contributed by atoms with Gasteiger partial charge in [-0.3, -0.25) is 0 Å². The Hall–Kier alpha value is -9.32. The van der Waals surface area contributed by atoms with Crippen molar-refractivity contribution in [3.05, 3.63) is 272 Å². The quantitative estimate of drug-likeness (QED) is 0.130. The van der Waals surface area contributed by atoms with Crippen LogP contribution in [0.25, 0.3) is 72.5 Å². The molecule has 12 rings (SSSR count). The molecule has 0 bridgehead atoms. The molecule has 10 aromatic carbocycles. The van der Waals surface area contributed by atoms with Gasteiger partial charge in [0.05, 0.1) is 22.4 Å². The zero-order chi connectivity index (χ0) is 46.8. The Morgan fingerprint density at radius 3 is 1.10 bits per heavy atom. The molecule has 0 N–H and O–H groups in total. The molecule has 332 valence electrons. The van der Waals surface area contributed by atoms with Crippen LogP contribution in [0.1, 0.15) is 5.56 Å². The van der Waals surface area contributed by atoms with Crippen molar-refractivity contribution in [2.24, 2.45) is 0 Å². The van der Waals surface area contributed by atoms with E-state index < -0.39 is 0 Å². The lowest BCUT2D eigenvalue weighted by Crippen LogP contribution is -2.09. The van der Waals surface area contributed by atoms with Crippen molar-refractivity contribution in [3.63, 3.8) is 0 Å². The fourth-order valence-corrected chi connectivity index (χ4v) is 9.73. The van der Waals surface area contributed by atoms with Crippen molar-refractivity contribution in [1.82, 2.24) is 14.5 Å². The summed E-state index contributed by atoms with van der Waals surface area (Å²) in [5.41, 5.74) is 18.3. The lowest BCUT2D eigenvalue weighted by Gasteiger charge is -2.26. The molecule has 0 radical (unpaired) electrons. The Labute approximate surface area is 408 Å². The number of rotatable bonds is 11. The van der Waals surface area contributed by atoms with E-state index in [1.165, 1.54) is 16.3 Å². The highest BCUT2D eigenvalue weighted by atomic mass is 15.1. The molecule has 0 aliphatic heterocycles. The van der Waals surface area contributed by atoms with Crippen molar-refractivity contribution in [2.45, 2.75) is 6.92 Å². The molecule has 0 unspecified atom stereocenters. The van der Waals surface area contributed by atoms with Gasteiger partial charge < -0.3 is 14.4 Å². The summed E-state index contributed by atoms with van der Waals surface area (Å²) >= 11 is 0. The van der Waals surface area contributed by atoms with Crippen molar-refractivity contribution in [2.75, 3.05) is 9.80 Å². The normalized spacial score (nSPS) is 11.2. The number of para-hydroxylation sites is 4. The highest BCUT2D eigenvalue weighted by Crippen LogP contribution is 2.43. The molecule has 0 saturated carbocycles. The van der Waals surface area contributed by atoms with Crippen molar-refractivity contribution >= 4 is 55.9 Å². The summed E-state index contributed by atoms with van der Waals surface area (Å²) < 4.78 is 2.44. The predicted molar refractivity (Wildman–Crippen MR) is 292 cm³/mol. The smallest absolute Gasteiger partial charge is 0.160 e. The fourth-order valence-electron chi connectivity index (χ4n) is 9.73. The van der Waals surface area contributed by atoms with Crippen molar-refractivity contribution < 1.29 is 0 Å². The second-order valence-electron chi connectivity index (χ2n) is 17.5. The molecule has 0 aliphatic carbocycles. The van der Waals surface area contributed by atoms with Crippen LogP contribution in [0.5, 0.6) is 0 Å². The third kappa shape index (κ3) is 8.06. The summed E-state index contributed by atoms with van der Waals surface area (Å²) in [7, 11) is 0. The van der Waals surface area contributed by atoms with Gasteiger partial charge in [0.15, 0.2) is 5.82 Å². The highest BCUT2D eigenvalue weighted by molar-refractivity contribution is 6.12. The zero-order valence-corrected chi connectivity index (χ0v) is 38.6. The van der Waals surface area contributed by atoms with Crippen molar-refractivity contribution in [1.29, 1.82) is 0 Å². The first-order valence-electron chi connectivity index (χ1n) is 23.7. The lowest BCUT2D eigenvalue weighted by molar-refractivity contribution is 1.15. The Kier molecular flexibility index (Phi) is 11.1. The maximum Gasteiger partial charge on any atom is 0.160 e. The van der Waals surface area contributed by atoms with Gasteiger partial charge in [-0.15, -0.1) is 0 Å². The van der Waals surface area contributed by atoms with Gasteiger partial charge in [0.1, 0.15) is 0 Å². The molecule has 0 atom stereocenters. The first kappa shape index (κ1) is 42.1. The minimum atomic E-state index is 0.708. The number of aromatic nitrogens is 3. The molecule has 5 heteroatoms.